The highest BCUT2D eigenvalue weighted by atomic mass is 32.2. The summed E-state index contributed by atoms with van der Waals surface area (Å²) in [5.74, 6) is -0.671. The van der Waals surface area contributed by atoms with E-state index < -0.39 is 16.1 Å². The number of nitrogens with zero attached hydrogens (tertiary/aromatic N) is 1. The van der Waals surface area contributed by atoms with Crippen LogP contribution in [0.15, 0.2) is 41.3 Å². The Kier molecular flexibility index (Phi) is 4.86. The lowest BCUT2D eigenvalue weighted by molar-refractivity contribution is -0.118. The minimum absolute atomic E-state index is 0.143. The summed E-state index contributed by atoms with van der Waals surface area (Å²) in [7, 11) is -3.79. The number of hydrogen-bond acceptors (Lipinski definition) is 3. The normalized spacial score (nSPS) is 17.8. The van der Waals surface area contributed by atoms with Gasteiger partial charge < -0.3 is 4.90 Å². The van der Waals surface area contributed by atoms with Gasteiger partial charge in [-0.25, -0.2) is 12.8 Å². The van der Waals surface area contributed by atoms with E-state index in [0.717, 1.165) is 11.1 Å². The number of carbonyl (C=O) groups excluding carboxylic acids is 1. The zero-order valence-corrected chi connectivity index (χ0v) is 15.7. The van der Waals surface area contributed by atoms with Gasteiger partial charge >= 0.3 is 0 Å². The fraction of sp³-hybridized carbons (Fsp3) is 0.316. The van der Waals surface area contributed by atoms with Crippen molar-refractivity contribution in [2.75, 3.05) is 11.4 Å². The van der Waals surface area contributed by atoms with Crippen LogP contribution in [0.2, 0.25) is 0 Å². The van der Waals surface area contributed by atoms with Crippen LogP contribution in [0.1, 0.15) is 23.1 Å². The molecule has 1 heterocycles. The molecule has 138 valence electrons. The molecule has 0 aromatic heterocycles. The Bertz CT molecular complexity index is 973. The summed E-state index contributed by atoms with van der Waals surface area (Å²) < 4.78 is 41.2. The van der Waals surface area contributed by atoms with Crippen molar-refractivity contribution in [1.29, 1.82) is 0 Å². The van der Waals surface area contributed by atoms with Crippen LogP contribution in [0, 0.1) is 26.6 Å². The van der Waals surface area contributed by atoms with Gasteiger partial charge in [0.15, 0.2) is 0 Å². The lowest BCUT2D eigenvalue weighted by atomic mass is 10.1. The maximum atomic E-state index is 13.4. The van der Waals surface area contributed by atoms with Crippen LogP contribution in [0.5, 0.6) is 0 Å². The number of anilines is 1. The molecule has 0 radical (unpaired) electrons. The van der Waals surface area contributed by atoms with Gasteiger partial charge in [0.05, 0.1) is 4.90 Å². The van der Waals surface area contributed by atoms with Crippen LogP contribution in [-0.2, 0) is 14.8 Å². The quantitative estimate of drug-likeness (QED) is 0.892. The monoisotopic (exact) mass is 376 g/mol. The molecule has 1 atom stereocenters. The predicted molar refractivity (Wildman–Crippen MR) is 98.1 cm³/mol. The summed E-state index contributed by atoms with van der Waals surface area (Å²) in [6.45, 7) is 5.75. The smallest absolute Gasteiger partial charge is 0.245 e. The first-order valence-corrected chi connectivity index (χ1v) is 9.84. The summed E-state index contributed by atoms with van der Waals surface area (Å²) >= 11 is 0. The second kappa shape index (κ2) is 6.81. The van der Waals surface area contributed by atoms with Crippen LogP contribution < -0.4 is 9.62 Å². The number of sulfonamides is 1. The summed E-state index contributed by atoms with van der Waals surface area (Å²) in [4.78, 5) is 14.3. The van der Waals surface area contributed by atoms with Gasteiger partial charge in [-0.05, 0) is 74.2 Å². The first kappa shape index (κ1) is 18.5. The van der Waals surface area contributed by atoms with Crippen molar-refractivity contribution >= 4 is 21.6 Å². The SMILES string of the molecule is Cc1ccc(S(=O)(=O)N[C@@H]2CCN(c3ccc(F)c(C)c3)C2=O)cc1C. The van der Waals surface area contributed by atoms with Gasteiger partial charge in [-0.15, -0.1) is 0 Å². The molecule has 0 bridgehead atoms. The number of rotatable bonds is 4. The number of hydrogen-bond donors (Lipinski definition) is 1. The third-order valence-corrected chi connectivity index (χ3v) is 6.21. The highest BCUT2D eigenvalue weighted by Gasteiger charge is 2.35. The molecule has 2 aromatic rings. The van der Waals surface area contributed by atoms with Crippen LogP contribution in [0.4, 0.5) is 10.1 Å². The van der Waals surface area contributed by atoms with Gasteiger partial charge in [-0.2, -0.15) is 4.72 Å². The van der Waals surface area contributed by atoms with Gasteiger partial charge in [0, 0.05) is 12.2 Å². The van der Waals surface area contributed by atoms with Crippen molar-refractivity contribution in [2.24, 2.45) is 0 Å². The second-order valence-corrected chi connectivity index (χ2v) is 8.35. The van der Waals surface area contributed by atoms with Crippen molar-refractivity contribution in [1.82, 2.24) is 4.72 Å². The van der Waals surface area contributed by atoms with Crippen LogP contribution in [0.3, 0.4) is 0 Å². The molecule has 7 heteroatoms. The Balaban J connectivity index is 1.79. The Labute approximate surface area is 152 Å². The van der Waals surface area contributed by atoms with Gasteiger partial charge in [0.1, 0.15) is 11.9 Å². The maximum Gasteiger partial charge on any atom is 0.245 e. The number of amides is 1. The molecular weight excluding hydrogens is 355 g/mol. The van der Waals surface area contributed by atoms with E-state index in [2.05, 4.69) is 4.72 Å². The van der Waals surface area contributed by atoms with Crippen molar-refractivity contribution in [3.8, 4) is 0 Å². The Morgan fingerprint density at radius 1 is 1.04 bits per heavy atom. The molecule has 1 aliphatic heterocycles. The van der Waals surface area contributed by atoms with E-state index in [4.69, 9.17) is 0 Å². The lowest BCUT2D eigenvalue weighted by Crippen LogP contribution is -2.41. The first-order chi connectivity index (χ1) is 12.2. The molecule has 1 fully saturated rings. The highest BCUT2D eigenvalue weighted by Crippen LogP contribution is 2.25. The predicted octanol–water partition coefficient (Wildman–Crippen LogP) is 2.83. The molecule has 3 rings (SSSR count). The number of benzene rings is 2. The van der Waals surface area contributed by atoms with E-state index in [1.54, 1.807) is 25.1 Å². The van der Waals surface area contributed by atoms with Gasteiger partial charge in [0.2, 0.25) is 15.9 Å². The fourth-order valence-corrected chi connectivity index (χ4v) is 4.29. The maximum absolute atomic E-state index is 13.4. The Morgan fingerprint density at radius 2 is 1.77 bits per heavy atom. The largest absolute Gasteiger partial charge is 0.311 e. The molecular formula is C19H21FN2O3S. The number of carbonyl (C=O) groups is 1. The molecule has 0 aliphatic carbocycles. The fourth-order valence-electron chi connectivity index (χ4n) is 2.98. The van der Waals surface area contributed by atoms with Gasteiger partial charge in [-0.3, -0.25) is 4.79 Å². The molecule has 0 unspecified atom stereocenters. The zero-order chi connectivity index (χ0) is 19.1. The van der Waals surface area contributed by atoms with Gasteiger partial charge in [-0.1, -0.05) is 6.07 Å². The summed E-state index contributed by atoms with van der Waals surface area (Å²) in [5.41, 5.74) is 2.88. The summed E-state index contributed by atoms with van der Waals surface area (Å²) in [5, 5.41) is 0. The van der Waals surface area contributed by atoms with Crippen molar-refractivity contribution < 1.29 is 17.6 Å². The van der Waals surface area contributed by atoms with E-state index >= 15 is 0 Å². The van der Waals surface area contributed by atoms with E-state index in [9.17, 15) is 17.6 Å². The van der Waals surface area contributed by atoms with Crippen LogP contribution in [0.25, 0.3) is 0 Å². The van der Waals surface area contributed by atoms with E-state index in [1.165, 1.54) is 23.1 Å². The molecule has 0 spiro atoms. The third-order valence-electron chi connectivity index (χ3n) is 4.74. The lowest BCUT2D eigenvalue weighted by Gasteiger charge is -2.18. The third kappa shape index (κ3) is 3.50. The highest BCUT2D eigenvalue weighted by molar-refractivity contribution is 7.89. The average molecular weight is 376 g/mol. The number of halogens is 1. The average Bonchev–Trinajstić information content (AvgIpc) is 2.93. The van der Waals surface area contributed by atoms with Crippen molar-refractivity contribution in [3.05, 3.63) is 58.9 Å². The van der Waals surface area contributed by atoms with Crippen molar-refractivity contribution in [2.45, 2.75) is 38.1 Å². The number of aryl methyl sites for hydroxylation is 3. The van der Waals surface area contributed by atoms with Gasteiger partial charge in [0.25, 0.3) is 0 Å². The molecule has 1 amide bonds. The standard InChI is InChI=1S/C19H21FN2O3S/c1-12-4-6-16(11-13(12)2)26(24,25)21-18-8-9-22(19(18)23)15-5-7-17(20)14(3)10-15/h4-7,10-11,18,21H,8-9H2,1-3H3/t18-/m1/s1. The van der Waals surface area contributed by atoms with E-state index in [-0.39, 0.29) is 16.6 Å². The minimum atomic E-state index is -3.79. The Morgan fingerprint density at radius 3 is 2.42 bits per heavy atom. The minimum Gasteiger partial charge on any atom is -0.311 e. The first-order valence-electron chi connectivity index (χ1n) is 8.36. The molecule has 0 saturated carbocycles. The molecule has 1 saturated heterocycles. The van der Waals surface area contributed by atoms with E-state index in [0.29, 0.717) is 24.2 Å². The van der Waals surface area contributed by atoms with E-state index in [1.807, 2.05) is 13.8 Å². The summed E-state index contributed by atoms with van der Waals surface area (Å²) in [6, 6.07) is 8.47. The molecule has 1 N–H and O–H groups in total. The topological polar surface area (TPSA) is 66.5 Å². The molecule has 1 aliphatic rings. The number of nitrogens with one attached hydrogen (secondary N) is 1. The van der Waals surface area contributed by atoms with Crippen molar-refractivity contribution in [3.63, 3.8) is 0 Å². The van der Waals surface area contributed by atoms with Crippen LogP contribution in [-0.4, -0.2) is 26.9 Å². The molecule has 5 nitrogen and oxygen atoms in total. The molecule has 26 heavy (non-hydrogen) atoms. The molecule has 2 aromatic carbocycles. The summed E-state index contributed by atoms with van der Waals surface area (Å²) in [6.07, 6.45) is 0.360. The second-order valence-electron chi connectivity index (χ2n) is 6.63. The zero-order valence-electron chi connectivity index (χ0n) is 14.9. The van der Waals surface area contributed by atoms with Crippen LogP contribution >= 0.6 is 0 Å². The Hall–Kier alpha value is -2.25.